The summed E-state index contributed by atoms with van der Waals surface area (Å²) in [5.41, 5.74) is 2.84. The SMILES string of the molecule is CCCC1CCN(C(=NC2CCCCC2)NN)CC1. The highest BCUT2D eigenvalue weighted by Gasteiger charge is 2.22. The van der Waals surface area contributed by atoms with E-state index in [0.29, 0.717) is 6.04 Å². The summed E-state index contributed by atoms with van der Waals surface area (Å²) < 4.78 is 0. The summed E-state index contributed by atoms with van der Waals surface area (Å²) in [7, 11) is 0. The molecule has 19 heavy (non-hydrogen) atoms. The molecular formula is C15H30N4. The number of hydrogen-bond donors (Lipinski definition) is 2. The van der Waals surface area contributed by atoms with Crippen LogP contribution in [0.3, 0.4) is 0 Å². The molecule has 2 aliphatic rings. The van der Waals surface area contributed by atoms with Crippen molar-refractivity contribution in [2.45, 2.75) is 70.8 Å². The van der Waals surface area contributed by atoms with Crippen molar-refractivity contribution in [2.75, 3.05) is 13.1 Å². The Hall–Kier alpha value is -0.770. The van der Waals surface area contributed by atoms with Crippen LogP contribution in [0.2, 0.25) is 0 Å². The zero-order valence-corrected chi connectivity index (χ0v) is 12.4. The Labute approximate surface area is 117 Å². The van der Waals surface area contributed by atoms with Gasteiger partial charge in [-0.2, -0.15) is 0 Å². The van der Waals surface area contributed by atoms with E-state index in [1.165, 1.54) is 57.8 Å². The lowest BCUT2D eigenvalue weighted by Crippen LogP contribution is -2.48. The van der Waals surface area contributed by atoms with Crippen LogP contribution in [0.1, 0.15) is 64.7 Å². The van der Waals surface area contributed by atoms with E-state index in [1.807, 2.05) is 0 Å². The van der Waals surface area contributed by atoms with Gasteiger partial charge in [0.05, 0.1) is 6.04 Å². The minimum Gasteiger partial charge on any atom is -0.342 e. The largest absolute Gasteiger partial charge is 0.342 e. The monoisotopic (exact) mass is 266 g/mol. The van der Waals surface area contributed by atoms with Gasteiger partial charge in [-0.15, -0.1) is 0 Å². The number of hydrogen-bond acceptors (Lipinski definition) is 2. The standard InChI is InChI=1S/C15H30N4/c1-2-6-13-9-11-19(12-10-13)15(18-16)17-14-7-4-3-5-8-14/h13-14H,2-12,16H2,1H3,(H,17,18). The molecule has 0 atom stereocenters. The van der Waals surface area contributed by atoms with Gasteiger partial charge in [-0.25, -0.2) is 10.8 Å². The van der Waals surface area contributed by atoms with Gasteiger partial charge in [-0.1, -0.05) is 39.0 Å². The first-order valence-electron chi connectivity index (χ1n) is 8.12. The van der Waals surface area contributed by atoms with Crippen LogP contribution in [-0.4, -0.2) is 30.0 Å². The van der Waals surface area contributed by atoms with Crippen molar-refractivity contribution in [1.82, 2.24) is 10.3 Å². The maximum atomic E-state index is 5.69. The number of guanidine groups is 1. The molecule has 0 bridgehead atoms. The van der Waals surface area contributed by atoms with E-state index in [1.54, 1.807) is 0 Å². The first-order valence-corrected chi connectivity index (χ1v) is 8.12. The molecule has 1 aliphatic carbocycles. The average Bonchev–Trinajstić information content (AvgIpc) is 2.47. The molecule has 0 spiro atoms. The summed E-state index contributed by atoms with van der Waals surface area (Å²) in [4.78, 5) is 7.20. The highest BCUT2D eigenvalue weighted by atomic mass is 15.4. The summed E-state index contributed by atoms with van der Waals surface area (Å²) in [6.07, 6.45) is 11.8. The van der Waals surface area contributed by atoms with Gasteiger partial charge in [-0.05, 0) is 31.6 Å². The lowest BCUT2D eigenvalue weighted by molar-refractivity contribution is 0.248. The molecule has 110 valence electrons. The van der Waals surface area contributed by atoms with E-state index in [2.05, 4.69) is 17.2 Å². The number of nitrogens with two attached hydrogens (primary N) is 1. The van der Waals surface area contributed by atoms with E-state index in [-0.39, 0.29) is 0 Å². The van der Waals surface area contributed by atoms with Crippen molar-refractivity contribution >= 4 is 5.96 Å². The van der Waals surface area contributed by atoms with Gasteiger partial charge >= 0.3 is 0 Å². The molecular weight excluding hydrogens is 236 g/mol. The number of nitrogens with one attached hydrogen (secondary N) is 1. The number of piperidine rings is 1. The van der Waals surface area contributed by atoms with Crippen LogP contribution in [0, 0.1) is 5.92 Å². The van der Waals surface area contributed by atoms with E-state index in [4.69, 9.17) is 10.8 Å². The minimum atomic E-state index is 0.494. The third-order valence-electron chi connectivity index (χ3n) is 4.62. The van der Waals surface area contributed by atoms with Gasteiger partial charge in [0.2, 0.25) is 5.96 Å². The van der Waals surface area contributed by atoms with Gasteiger partial charge < -0.3 is 4.90 Å². The van der Waals surface area contributed by atoms with Crippen molar-refractivity contribution in [3.8, 4) is 0 Å². The fourth-order valence-electron chi connectivity index (χ4n) is 3.43. The number of nitrogens with zero attached hydrogens (tertiary/aromatic N) is 2. The first kappa shape index (κ1) is 14.6. The molecule has 4 nitrogen and oxygen atoms in total. The van der Waals surface area contributed by atoms with Crippen LogP contribution >= 0.6 is 0 Å². The van der Waals surface area contributed by atoms with E-state index >= 15 is 0 Å². The molecule has 3 N–H and O–H groups in total. The Morgan fingerprint density at radius 3 is 2.42 bits per heavy atom. The number of likely N-dealkylation sites (tertiary alicyclic amines) is 1. The smallest absolute Gasteiger partial charge is 0.208 e. The van der Waals surface area contributed by atoms with Crippen LogP contribution in [0.5, 0.6) is 0 Å². The molecule has 0 aromatic carbocycles. The van der Waals surface area contributed by atoms with Crippen molar-refractivity contribution in [3.05, 3.63) is 0 Å². The Morgan fingerprint density at radius 1 is 1.16 bits per heavy atom. The maximum absolute atomic E-state index is 5.69. The van der Waals surface area contributed by atoms with Crippen LogP contribution in [0.15, 0.2) is 4.99 Å². The van der Waals surface area contributed by atoms with Gasteiger partial charge in [0.1, 0.15) is 0 Å². The third kappa shape index (κ3) is 4.37. The van der Waals surface area contributed by atoms with E-state index in [0.717, 1.165) is 25.0 Å². The number of rotatable bonds is 3. The molecule has 2 rings (SSSR count). The van der Waals surface area contributed by atoms with Crippen molar-refractivity contribution in [3.63, 3.8) is 0 Å². The second kappa shape index (κ2) is 7.73. The summed E-state index contributed by atoms with van der Waals surface area (Å²) in [5.74, 6) is 7.54. The summed E-state index contributed by atoms with van der Waals surface area (Å²) in [5, 5.41) is 0. The second-order valence-electron chi connectivity index (χ2n) is 6.11. The molecule has 0 unspecified atom stereocenters. The Balaban J connectivity index is 1.85. The molecule has 0 aromatic rings. The highest BCUT2D eigenvalue weighted by Crippen LogP contribution is 2.23. The second-order valence-corrected chi connectivity index (χ2v) is 6.11. The average molecular weight is 266 g/mol. The molecule has 2 fully saturated rings. The quantitative estimate of drug-likeness (QED) is 0.357. The third-order valence-corrected chi connectivity index (χ3v) is 4.62. The number of aliphatic imine (C=N–C) groups is 1. The summed E-state index contributed by atoms with van der Waals surface area (Å²) in [6.45, 7) is 4.50. The predicted octanol–water partition coefficient (Wildman–Crippen LogP) is 2.65. The lowest BCUT2D eigenvalue weighted by atomic mass is 9.92. The predicted molar refractivity (Wildman–Crippen MR) is 80.8 cm³/mol. The topological polar surface area (TPSA) is 53.6 Å². The Bertz CT molecular complexity index is 276. The molecule has 1 saturated heterocycles. The fourth-order valence-corrected chi connectivity index (χ4v) is 3.43. The van der Waals surface area contributed by atoms with Crippen molar-refractivity contribution < 1.29 is 0 Å². The zero-order valence-electron chi connectivity index (χ0n) is 12.4. The minimum absolute atomic E-state index is 0.494. The van der Waals surface area contributed by atoms with Crippen molar-refractivity contribution in [1.29, 1.82) is 0 Å². The molecule has 0 radical (unpaired) electrons. The van der Waals surface area contributed by atoms with Gasteiger partial charge in [0.25, 0.3) is 0 Å². The van der Waals surface area contributed by atoms with Crippen LogP contribution in [-0.2, 0) is 0 Å². The van der Waals surface area contributed by atoms with E-state index in [9.17, 15) is 0 Å². The molecule has 1 heterocycles. The van der Waals surface area contributed by atoms with Crippen molar-refractivity contribution in [2.24, 2.45) is 16.8 Å². The van der Waals surface area contributed by atoms with Crippen LogP contribution < -0.4 is 11.3 Å². The lowest BCUT2D eigenvalue weighted by Gasteiger charge is -2.34. The molecule has 1 aliphatic heterocycles. The molecule has 1 saturated carbocycles. The Kier molecular flexibility index (Phi) is 5.95. The summed E-state index contributed by atoms with van der Waals surface area (Å²) >= 11 is 0. The highest BCUT2D eigenvalue weighted by molar-refractivity contribution is 5.79. The van der Waals surface area contributed by atoms with Crippen LogP contribution in [0.4, 0.5) is 0 Å². The number of hydrazine groups is 1. The first-order chi connectivity index (χ1) is 9.33. The summed E-state index contributed by atoms with van der Waals surface area (Å²) in [6, 6.07) is 0.494. The molecule has 0 amide bonds. The fraction of sp³-hybridized carbons (Fsp3) is 0.933. The normalized spacial score (nSPS) is 23.7. The molecule has 4 heteroatoms. The van der Waals surface area contributed by atoms with E-state index < -0.39 is 0 Å². The maximum Gasteiger partial charge on any atom is 0.208 e. The van der Waals surface area contributed by atoms with Crippen LogP contribution in [0.25, 0.3) is 0 Å². The van der Waals surface area contributed by atoms with Gasteiger partial charge in [-0.3, -0.25) is 5.43 Å². The molecule has 0 aromatic heterocycles. The Morgan fingerprint density at radius 2 is 1.84 bits per heavy atom. The zero-order chi connectivity index (χ0) is 13.5. The van der Waals surface area contributed by atoms with Gasteiger partial charge in [0, 0.05) is 13.1 Å². The van der Waals surface area contributed by atoms with Gasteiger partial charge in [0.15, 0.2) is 0 Å².